The van der Waals surface area contributed by atoms with Gasteiger partial charge in [-0.05, 0) is 18.2 Å². The van der Waals surface area contributed by atoms with E-state index in [1.54, 1.807) is 0 Å². The fourth-order valence-electron chi connectivity index (χ4n) is 1.88. The number of carbonyl (C=O) groups is 2. The van der Waals surface area contributed by atoms with Gasteiger partial charge in [0.15, 0.2) is 11.6 Å². The molecule has 2 aromatic carbocycles. The van der Waals surface area contributed by atoms with Crippen LogP contribution in [0.25, 0.3) is 0 Å². The average Bonchev–Trinajstić information content (AvgIpc) is 2.56. The number of rotatable bonds is 4. The summed E-state index contributed by atoms with van der Waals surface area (Å²) in [7, 11) is 1.03. The lowest BCUT2D eigenvalue weighted by molar-refractivity contribution is 0.0601. The number of methoxy groups -OCH3 is 1. The highest BCUT2D eigenvalue weighted by atomic mass is 35.5. The number of hydrogen-bond acceptors (Lipinski definition) is 4. The van der Waals surface area contributed by atoms with Gasteiger partial charge in [-0.2, -0.15) is 0 Å². The van der Waals surface area contributed by atoms with Crippen molar-refractivity contribution < 1.29 is 32.2 Å². The number of nitrogens with one attached hydrogen (secondary N) is 1. The zero-order valence-corrected chi connectivity index (χ0v) is 13.5. The lowest BCUT2D eigenvalue weighted by atomic mass is 10.1. The van der Waals surface area contributed by atoms with Crippen molar-refractivity contribution in [1.82, 2.24) is 0 Å². The molecule has 0 heterocycles. The Morgan fingerprint density at radius 2 is 1.80 bits per heavy atom. The zero-order valence-electron chi connectivity index (χ0n) is 12.7. The third-order valence-corrected chi connectivity index (χ3v) is 3.47. The van der Waals surface area contributed by atoms with E-state index in [0.717, 1.165) is 13.2 Å². The second-order valence-electron chi connectivity index (χ2n) is 4.70. The van der Waals surface area contributed by atoms with E-state index in [2.05, 4.69) is 10.1 Å². The van der Waals surface area contributed by atoms with Crippen LogP contribution in [0.2, 0.25) is 5.02 Å². The summed E-state index contributed by atoms with van der Waals surface area (Å²) in [5, 5.41) is 2.12. The first-order valence-electron chi connectivity index (χ1n) is 6.77. The summed E-state index contributed by atoms with van der Waals surface area (Å²) in [5.41, 5.74) is -0.838. The Balaban J connectivity index is 2.15. The Labute approximate surface area is 145 Å². The largest absolute Gasteiger partial charge is 0.465 e. The highest BCUT2D eigenvalue weighted by molar-refractivity contribution is 6.31. The van der Waals surface area contributed by atoms with E-state index >= 15 is 0 Å². The highest BCUT2D eigenvalue weighted by Crippen LogP contribution is 2.23. The normalized spacial score (nSPS) is 10.3. The Hall–Kier alpha value is -2.74. The summed E-state index contributed by atoms with van der Waals surface area (Å²) in [6.07, 6.45) is -1.13. The van der Waals surface area contributed by atoms with Crippen LogP contribution in [0.1, 0.15) is 15.9 Å². The predicted octanol–water partition coefficient (Wildman–Crippen LogP) is 4.29. The lowest BCUT2D eigenvalue weighted by Gasteiger charge is -2.12. The number of ether oxygens (including phenoxy) is 2. The van der Waals surface area contributed by atoms with Gasteiger partial charge < -0.3 is 9.47 Å². The molecule has 0 aliphatic carbocycles. The van der Waals surface area contributed by atoms with Gasteiger partial charge >= 0.3 is 12.1 Å². The number of halogens is 4. The first-order chi connectivity index (χ1) is 11.8. The minimum atomic E-state index is -1.29. The van der Waals surface area contributed by atoms with Gasteiger partial charge in [-0.15, -0.1) is 0 Å². The molecule has 5 nitrogen and oxygen atoms in total. The van der Waals surface area contributed by atoms with E-state index in [1.165, 1.54) is 12.1 Å². The summed E-state index contributed by atoms with van der Waals surface area (Å²) in [5.74, 6) is -4.26. The van der Waals surface area contributed by atoms with E-state index in [-0.39, 0.29) is 16.3 Å². The van der Waals surface area contributed by atoms with Gasteiger partial charge in [0.25, 0.3) is 0 Å². The Morgan fingerprint density at radius 1 is 1.12 bits per heavy atom. The molecule has 0 aliphatic rings. The van der Waals surface area contributed by atoms with Crippen LogP contribution >= 0.6 is 11.6 Å². The molecule has 25 heavy (non-hydrogen) atoms. The molecule has 0 fully saturated rings. The number of carbonyl (C=O) groups excluding carboxylic acids is 2. The highest BCUT2D eigenvalue weighted by Gasteiger charge is 2.19. The summed E-state index contributed by atoms with van der Waals surface area (Å²) in [4.78, 5) is 23.4. The van der Waals surface area contributed by atoms with Crippen LogP contribution in [0, 0.1) is 17.5 Å². The maximum absolute atomic E-state index is 13.6. The summed E-state index contributed by atoms with van der Waals surface area (Å²) in [6, 6.07) is 5.09. The molecule has 0 radical (unpaired) electrons. The molecule has 0 bridgehead atoms. The molecule has 1 amide bonds. The molecule has 2 rings (SSSR count). The van der Waals surface area contributed by atoms with Crippen molar-refractivity contribution in [3.63, 3.8) is 0 Å². The molecule has 9 heteroatoms. The van der Waals surface area contributed by atoms with E-state index in [1.807, 2.05) is 0 Å². The van der Waals surface area contributed by atoms with Crippen molar-refractivity contribution in [3.8, 4) is 0 Å². The molecule has 2 aromatic rings. The standard InChI is InChI=1S/C16H11ClF3NO4/c1-24-15(22)8-5-12(19)13(20)6-14(8)21-16(23)25-7-9-10(17)3-2-4-11(9)18/h2-6H,7H2,1H3,(H,21,23). The molecule has 0 aliphatic heterocycles. The minimum absolute atomic E-state index is 0.0517. The van der Waals surface area contributed by atoms with Crippen molar-refractivity contribution in [2.24, 2.45) is 0 Å². The maximum Gasteiger partial charge on any atom is 0.411 e. The topological polar surface area (TPSA) is 64.6 Å². The van der Waals surface area contributed by atoms with Gasteiger partial charge in [-0.3, -0.25) is 5.32 Å². The molecular formula is C16H11ClF3NO4. The predicted molar refractivity (Wildman–Crippen MR) is 82.9 cm³/mol. The van der Waals surface area contributed by atoms with Gasteiger partial charge in [0.05, 0.1) is 23.4 Å². The third kappa shape index (κ3) is 4.42. The van der Waals surface area contributed by atoms with E-state index in [4.69, 9.17) is 16.3 Å². The molecule has 0 saturated carbocycles. The summed E-state index contributed by atoms with van der Waals surface area (Å²) < 4.78 is 49.4. The third-order valence-electron chi connectivity index (χ3n) is 3.11. The SMILES string of the molecule is COC(=O)c1cc(F)c(F)cc1NC(=O)OCc1c(F)cccc1Cl. The fraction of sp³-hybridized carbons (Fsp3) is 0.125. The van der Waals surface area contributed by atoms with Crippen molar-refractivity contribution >= 4 is 29.4 Å². The van der Waals surface area contributed by atoms with E-state index in [0.29, 0.717) is 12.1 Å². The molecule has 0 atom stereocenters. The quantitative estimate of drug-likeness (QED) is 0.812. The summed E-state index contributed by atoms with van der Waals surface area (Å²) >= 11 is 5.79. The van der Waals surface area contributed by atoms with Crippen LogP contribution in [0.15, 0.2) is 30.3 Å². The number of benzene rings is 2. The molecule has 132 valence electrons. The first kappa shape index (κ1) is 18.6. The van der Waals surface area contributed by atoms with Crippen molar-refractivity contribution in [2.75, 3.05) is 12.4 Å². The number of hydrogen-bond donors (Lipinski definition) is 1. The van der Waals surface area contributed by atoms with Gasteiger partial charge in [0, 0.05) is 11.6 Å². The van der Waals surface area contributed by atoms with Crippen LogP contribution in [-0.2, 0) is 16.1 Å². The smallest absolute Gasteiger partial charge is 0.411 e. The second-order valence-corrected chi connectivity index (χ2v) is 5.11. The zero-order chi connectivity index (χ0) is 18.6. The monoisotopic (exact) mass is 373 g/mol. The Morgan fingerprint density at radius 3 is 2.44 bits per heavy atom. The molecular weight excluding hydrogens is 363 g/mol. The van der Waals surface area contributed by atoms with Crippen LogP contribution in [-0.4, -0.2) is 19.2 Å². The molecule has 0 unspecified atom stereocenters. The van der Waals surface area contributed by atoms with Crippen molar-refractivity contribution in [2.45, 2.75) is 6.61 Å². The maximum atomic E-state index is 13.6. The van der Waals surface area contributed by atoms with Gasteiger partial charge in [-0.1, -0.05) is 17.7 Å². The summed E-state index contributed by atoms with van der Waals surface area (Å²) in [6.45, 7) is -0.505. The molecule has 0 aromatic heterocycles. The second kappa shape index (κ2) is 7.89. The fourth-order valence-corrected chi connectivity index (χ4v) is 2.10. The van der Waals surface area contributed by atoms with Gasteiger partial charge in [0.1, 0.15) is 12.4 Å². The Bertz CT molecular complexity index is 809. The van der Waals surface area contributed by atoms with Gasteiger partial charge in [0.2, 0.25) is 0 Å². The van der Waals surface area contributed by atoms with E-state index < -0.39 is 41.7 Å². The van der Waals surface area contributed by atoms with Crippen molar-refractivity contribution in [1.29, 1.82) is 0 Å². The molecule has 0 spiro atoms. The van der Waals surface area contributed by atoms with Crippen LogP contribution < -0.4 is 5.32 Å². The number of esters is 1. The van der Waals surface area contributed by atoms with Crippen LogP contribution in [0.3, 0.4) is 0 Å². The Kier molecular flexibility index (Phi) is 5.87. The van der Waals surface area contributed by atoms with Crippen LogP contribution in [0.5, 0.6) is 0 Å². The van der Waals surface area contributed by atoms with Crippen LogP contribution in [0.4, 0.5) is 23.7 Å². The van der Waals surface area contributed by atoms with Gasteiger partial charge in [-0.25, -0.2) is 22.8 Å². The number of anilines is 1. The average molecular weight is 374 g/mol. The molecule has 1 N–H and O–H groups in total. The number of amides is 1. The lowest BCUT2D eigenvalue weighted by Crippen LogP contribution is -2.17. The van der Waals surface area contributed by atoms with E-state index in [9.17, 15) is 22.8 Å². The first-order valence-corrected chi connectivity index (χ1v) is 7.15. The minimum Gasteiger partial charge on any atom is -0.465 e. The molecule has 0 saturated heterocycles. The van der Waals surface area contributed by atoms with Crippen molar-refractivity contribution in [3.05, 3.63) is 63.9 Å².